The number of hydrogen-bond acceptors (Lipinski definition) is 1. The summed E-state index contributed by atoms with van der Waals surface area (Å²) in [5, 5.41) is 0. The zero-order valence-corrected chi connectivity index (χ0v) is 9.86. The van der Waals surface area contributed by atoms with E-state index < -0.39 is 0 Å². The van der Waals surface area contributed by atoms with Gasteiger partial charge in [0.05, 0.1) is 0 Å². The summed E-state index contributed by atoms with van der Waals surface area (Å²) in [5.41, 5.74) is 2.67. The van der Waals surface area contributed by atoms with Crippen molar-refractivity contribution in [1.29, 1.82) is 0 Å². The summed E-state index contributed by atoms with van der Waals surface area (Å²) in [6.45, 7) is 8.18. The van der Waals surface area contributed by atoms with Gasteiger partial charge in [0.25, 0.3) is 0 Å². The van der Waals surface area contributed by atoms with E-state index in [1.165, 1.54) is 28.9 Å². The maximum absolute atomic E-state index is 3.90. The van der Waals surface area contributed by atoms with Crippen LogP contribution < -0.4 is 0 Å². The van der Waals surface area contributed by atoms with E-state index in [0.29, 0.717) is 0 Å². The molecule has 0 nitrogen and oxygen atoms in total. The van der Waals surface area contributed by atoms with E-state index in [-0.39, 0.29) is 0 Å². The van der Waals surface area contributed by atoms with E-state index in [2.05, 4.69) is 44.7 Å². The van der Waals surface area contributed by atoms with Gasteiger partial charge in [0.2, 0.25) is 0 Å². The highest BCUT2D eigenvalue weighted by Crippen LogP contribution is 2.20. The van der Waals surface area contributed by atoms with Crippen LogP contribution in [-0.4, -0.2) is 5.75 Å². The maximum Gasteiger partial charge on any atom is 0.0185 e. The molecule has 76 valence electrons. The van der Waals surface area contributed by atoms with Crippen LogP contribution >= 0.6 is 11.8 Å². The molecule has 0 aliphatic rings. The van der Waals surface area contributed by atoms with Crippen molar-refractivity contribution >= 4 is 11.8 Å². The molecule has 0 aliphatic carbocycles. The van der Waals surface area contributed by atoms with Crippen LogP contribution in [0.25, 0.3) is 0 Å². The van der Waals surface area contributed by atoms with Crippen LogP contribution in [0.4, 0.5) is 0 Å². The van der Waals surface area contributed by atoms with Gasteiger partial charge in [-0.2, -0.15) is 0 Å². The lowest BCUT2D eigenvalue weighted by Gasteiger charge is -2.02. The molecule has 0 N–H and O–H groups in total. The Morgan fingerprint density at radius 1 is 1.29 bits per heavy atom. The summed E-state index contributed by atoms with van der Waals surface area (Å²) < 4.78 is 0. The standard InChI is InChI=1S/C13H18S/c1-4-5-12-6-8-13(9-7-12)14-10-11(2)3/h6-9H,2,4-5,10H2,1,3H3. The van der Waals surface area contributed by atoms with Gasteiger partial charge in [-0.1, -0.05) is 37.6 Å². The maximum atomic E-state index is 3.90. The minimum Gasteiger partial charge on any atom is -0.122 e. The van der Waals surface area contributed by atoms with Gasteiger partial charge in [-0.05, 0) is 31.0 Å². The van der Waals surface area contributed by atoms with Crippen LogP contribution in [-0.2, 0) is 6.42 Å². The minimum absolute atomic E-state index is 1.02. The third-order valence-corrected chi connectivity index (χ3v) is 3.19. The second kappa shape index (κ2) is 5.92. The van der Waals surface area contributed by atoms with Crippen molar-refractivity contribution in [3.63, 3.8) is 0 Å². The molecule has 1 rings (SSSR count). The fourth-order valence-electron chi connectivity index (χ4n) is 1.25. The first kappa shape index (κ1) is 11.4. The fourth-order valence-corrected chi connectivity index (χ4v) is 1.99. The molecular weight excluding hydrogens is 188 g/mol. The van der Waals surface area contributed by atoms with Gasteiger partial charge in [0, 0.05) is 10.6 Å². The SMILES string of the molecule is C=C(C)CSc1ccc(CCC)cc1. The largest absolute Gasteiger partial charge is 0.122 e. The van der Waals surface area contributed by atoms with Crippen molar-refractivity contribution < 1.29 is 0 Å². The average molecular weight is 206 g/mol. The Kier molecular flexibility index (Phi) is 4.81. The van der Waals surface area contributed by atoms with Crippen LogP contribution in [0.15, 0.2) is 41.3 Å². The lowest BCUT2D eigenvalue weighted by Crippen LogP contribution is -1.83. The number of thioether (sulfide) groups is 1. The number of rotatable bonds is 5. The Bertz CT molecular complexity index is 285. The van der Waals surface area contributed by atoms with Crippen molar-refractivity contribution in [2.45, 2.75) is 31.6 Å². The smallest absolute Gasteiger partial charge is 0.0185 e. The predicted octanol–water partition coefficient (Wildman–Crippen LogP) is 4.31. The molecule has 0 bridgehead atoms. The van der Waals surface area contributed by atoms with Crippen LogP contribution in [0, 0.1) is 0 Å². The number of aryl methyl sites for hydroxylation is 1. The van der Waals surface area contributed by atoms with E-state index >= 15 is 0 Å². The van der Waals surface area contributed by atoms with E-state index in [1.54, 1.807) is 0 Å². The highest BCUT2D eigenvalue weighted by atomic mass is 32.2. The molecule has 0 aliphatic heterocycles. The lowest BCUT2D eigenvalue weighted by molar-refractivity contribution is 0.920. The predicted molar refractivity (Wildman–Crippen MR) is 66.0 cm³/mol. The van der Waals surface area contributed by atoms with Crippen molar-refractivity contribution in [2.75, 3.05) is 5.75 Å². The highest BCUT2D eigenvalue weighted by molar-refractivity contribution is 7.99. The van der Waals surface area contributed by atoms with E-state index in [4.69, 9.17) is 0 Å². The Labute approximate surface area is 91.4 Å². The molecule has 14 heavy (non-hydrogen) atoms. The molecule has 1 aromatic carbocycles. The second-order valence-corrected chi connectivity index (χ2v) is 4.69. The van der Waals surface area contributed by atoms with Crippen LogP contribution in [0.1, 0.15) is 25.8 Å². The first-order valence-electron chi connectivity index (χ1n) is 5.08. The third-order valence-electron chi connectivity index (χ3n) is 1.95. The van der Waals surface area contributed by atoms with E-state index in [9.17, 15) is 0 Å². The van der Waals surface area contributed by atoms with Gasteiger partial charge >= 0.3 is 0 Å². The summed E-state index contributed by atoms with van der Waals surface area (Å²) in [6, 6.07) is 8.87. The van der Waals surface area contributed by atoms with Gasteiger partial charge < -0.3 is 0 Å². The molecule has 0 fully saturated rings. The molecule has 1 heteroatoms. The van der Waals surface area contributed by atoms with Crippen LogP contribution in [0.2, 0.25) is 0 Å². The number of benzene rings is 1. The third kappa shape index (κ3) is 4.01. The molecule has 1 aromatic rings. The van der Waals surface area contributed by atoms with Gasteiger partial charge in [0.15, 0.2) is 0 Å². The van der Waals surface area contributed by atoms with Crippen LogP contribution in [0.3, 0.4) is 0 Å². The Morgan fingerprint density at radius 2 is 1.93 bits per heavy atom. The lowest BCUT2D eigenvalue weighted by atomic mass is 10.1. The normalized spacial score (nSPS) is 10.1. The number of hydrogen-bond donors (Lipinski definition) is 0. The van der Waals surface area contributed by atoms with Gasteiger partial charge in [-0.15, -0.1) is 11.8 Å². The summed E-state index contributed by atoms with van der Waals surface area (Å²) in [7, 11) is 0. The fraction of sp³-hybridized carbons (Fsp3) is 0.385. The zero-order valence-electron chi connectivity index (χ0n) is 9.05. The molecule has 0 atom stereocenters. The zero-order chi connectivity index (χ0) is 10.4. The first-order chi connectivity index (χ1) is 6.72. The quantitative estimate of drug-likeness (QED) is 0.511. The monoisotopic (exact) mass is 206 g/mol. The summed E-state index contributed by atoms with van der Waals surface area (Å²) in [6.07, 6.45) is 2.41. The molecule has 0 saturated heterocycles. The first-order valence-corrected chi connectivity index (χ1v) is 6.07. The van der Waals surface area contributed by atoms with Gasteiger partial charge in [-0.3, -0.25) is 0 Å². The molecule has 0 radical (unpaired) electrons. The summed E-state index contributed by atoms with van der Waals surface area (Å²) in [4.78, 5) is 1.34. The van der Waals surface area contributed by atoms with Crippen molar-refractivity contribution in [3.8, 4) is 0 Å². The topological polar surface area (TPSA) is 0 Å². The minimum atomic E-state index is 1.02. The summed E-state index contributed by atoms with van der Waals surface area (Å²) in [5.74, 6) is 1.02. The second-order valence-electron chi connectivity index (χ2n) is 3.64. The molecule has 0 unspecified atom stereocenters. The van der Waals surface area contributed by atoms with Crippen LogP contribution in [0.5, 0.6) is 0 Å². The molecule has 0 spiro atoms. The van der Waals surface area contributed by atoms with Gasteiger partial charge in [0.1, 0.15) is 0 Å². The molecule has 0 saturated carbocycles. The summed E-state index contributed by atoms with van der Waals surface area (Å²) >= 11 is 1.86. The molecule has 0 amide bonds. The Hall–Kier alpha value is -0.690. The van der Waals surface area contributed by atoms with Crippen molar-refractivity contribution in [3.05, 3.63) is 42.0 Å². The highest BCUT2D eigenvalue weighted by Gasteiger charge is 1.95. The van der Waals surface area contributed by atoms with Crippen molar-refractivity contribution in [2.24, 2.45) is 0 Å². The van der Waals surface area contributed by atoms with Gasteiger partial charge in [-0.25, -0.2) is 0 Å². The molecule has 0 heterocycles. The average Bonchev–Trinajstić information content (AvgIpc) is 2.17. The van der Waals surface area contributed by atoms with E-state index in [0.717, 1.165) is 5.75 Å². The van der Waals surface area contributed by atoms with E-state index in [1.807, 2.05) is 11.8 Å². The van der Waals surface area contributed by atoms with Crippen molar-refractivity contribution in [1.82, 2.24) is 0 Å². The Morgan fingerprint density at radius 3 is 2.43 bits per heavy atom. The Balaban J connectivity index is 2.50. The molecule has 0 aromatic heterocycles. The molecular formula is C13H18S.